The summed E-state index contributed by atoms with van der Waals surface area (Å²) in [6.07, 6.45) is 10.2. The van der Waals surface area contributed by atoms with Crippen LogP contribution < -0.4 is 5.32 Å². The van der Waals surface area contributed by atoms with Gasteiger partial charge in [0.15, 0.2) is 0 Å². The topological polar surface area (TPSA) is 69.0 Å². The third-order valence-electron chi connectivity index (χ3n) is 6.17. The molecule has 1 aromatic carbocycles. The molecular weight excluding hydrogens is 424 g/mol. The molecule has 2 aromatic rings. The largest absolute Gasteiger partial charge is 0.460 e. The van der Waals surface area contributed by atoms with Crippen LogP contribution >= 0.6 is 0 Å². The number of hydrogen-bond acceptors (Lipinski definition) is 5. The van der Waals surface area contributed by atoms with Gasteiger partial charge in [0.25, 0.3) is 0 Å². The number of allylic oxidation sites excluding steroid dienone is 2. The second-order valence-electron chi connectivity index (χ2n) is 10.4. The fourth-order valence-corrected chi connectivity index (χ4v) is 4.08. The van der Waals surface area contributed by atoms with Crippen LogP contribution in [-0.4, -0.2) is 32.9 Å². The van der Waals surface area contributed by atoms with Gasteiger partial charge < -0.3 is 10.1 Å². The molecule has 1 aromatic heterocycles. The lowest BCUT2D eigenvalue weighted by Gasteiger charge is -2.28. The first-order valence-electron chi connectivity index (χ1n) is 12.7. The molecular formula is C28H44N4O2. The molecule has 2 unspecified atom stereocenters. The molecule has 6 heteroatoms. The zero-order valence-electron chi connectivity index (χ0n) is 22.0. The zero-order chi connectivity index (χ0) is 25.0. The van der Waals surface area contributed by atoms with E-state index < -0.39 is 5.60 Å². The van der Waals surface area contributed by atoms with Gasteiger partial charge in [0, 0.05) is 12.2 Å². The van der Waals surface area contributed by atoms with Crippen molar-refractivity contribution in [1.29, 1.82) is 0 Å². The molecule has 0 fully saturated rings. The van der Waals surface area contributed by atoms with Crippen molar-refractivity contribution in [2.24, 2.45) is 17.8 Å². The van der Waals surface area contributed by atoms with Gasteiger partial charge in [0.1, 0.15) is 18.3 Å². The van der Waals surface area contributed by atoms with Crippen molar-refractivity contribution in [2.75, 3.05) is 6.54 Å². The number of rotatable bonds is 14. The molecule has 6 nitrogen and oxygen atoms in total. The summed E-state index contributed by atoms with van der Waals surface area (Å²) >= 11 is 0. The summed E-state index contributed by atoms with van der Waals surface area (Å²) in [5, 5.41) is 7.73. The summed E-state index contributed by atoms with van der Waals surface area (Å²) in [5.41, 5.74) is 2.00. The first kappa shape index (κ1) is 27.6. The predicted octanol–water partition coefficient (Wildman–Crippen LogP) is 5.80. The van der Waals surface area contributed by atoms with Gasteiger partial charge in [-0.15, -0.1) is 0 Å². The number of aromatic nitrogens is 3. The van der Waals surface area contributed by atoms with Gasteiger partial charge in [-0.25, -0.2) is 4.98 Å². The van der Waals surface area contributed by atoms with E-state index in [0.717, 1.165) is 45.2 Å². The third kappa shape index (κ3) is 10.5. The van der Waals surface area contributed by atoms with Crippen molar-refractivity contribution in [2.45, 2.75) is 85.8 Å². The Labute approximate surface area is 206 Å². The highest BCUT2D eigenvalue weighted by Gasteiger charge is 2.28. The molecule has 0 radical (unpaired) electrons. The number of ether oxygens (including phenoxy) is 1. The van der Waals surface area contributed by atoms with Crippen LogP contribution in [0.1, 0.15) is 72.8 Å². The number of esters is 1. The van der Waals surface area contributed by atoms with E-state index in [-0.39, 0.29) is 11.9 Å². The van der Waals surface area contributed by atoms with Gasteiger partial charge in [0.05, 0.1) is 12.5 Å². The summed E-state index contributed by atoms with van der Waals surface area (Å²) in [6.45, 7) is 14.2. The number of carbonyl (C=O) groups is 1. The summed E-state index contributed by atoms with van der Waals surface area (Å²) in [6, 6.07) is 10.3. The second-order valence-corrected chi connectivity index (χ2v) is 10.4. The van der Waals surface area contributed by atoms with Crippen LogP contribution in [0.5, 0.6) is 0 Å². The van der Waals surface area contributed by atoms with Crippen LogP contribution in [-0.2, 0) is 22.5 Å². The van der Waals surface area contributed by atoms with Crippen LogP contribution in [0.25, 0.3) is 0 Å². The highest BCUT2D eigenvalue weighted by Crippen LogP contribution is 2.28. The summed E-state index contributed by atoms with van der Waals surface area (Å²) in [5.74, 6) is 0.694. The average Bonchev–Trinajstić information content (AvgIpc) is 3.29. The fourth-order valence-electron chi connectivity index (χ4n) is 4.08. The number of hydrogen-bond donors (Lipinski definition) is 1. The Morgan fingerprint density at radius 3 is 2.53 bits per heavy atom. The monoisotopic (exact) mass is 468 g/mol. The highest BCUT2D eigenvalue weighted by molar-refractivity contribution is 5.73. The summed E-state index contributed by atoms with van der Waals surface area (Å²) in [7, 11) is 0. The van der Waals surface area contributed by atoms with Crippen molar-refractivity contribution < 1.29 is 9.53 Å². The third-order valence-corrected chi connectivity index (χ3v) is 6.17. The van der Waals surface area contributed by atoms with Crippen LogP contribution in [0, 0.1) is 17.8 Å². The van der Waals surface area contributed by atoms with Crippen LogP contribution in [0.4, 0.5) is 0 Å². The Morgan fingerprint density at radius 1 is 1.18 bits per heavy atom. The standard InChI is InChI=1S/C28H44N4O2/c1-7-11-26(30-16-17-32-21-29-20-31-32)15-14-22(2)23(3)18-25(27(33)34-28(4,5)6)19-24-12-9-8-10-13-24/h8-13,20-23,25,30H,7,14-19H2,1-6H3/b26-11+/t22-,23?,25?/m1/s1. The van der Waals surface area contributed by atoms with Crippen LogP contribution in [0.15, 0.2) is 54.8 Å². The molecule has 188 valence electrons. The van der Waals surface area contributed by atoms with Crippen LogP contribution in [0.2, 0.25) is 0 Å². The molecule has 0 spiro atoms. The molecule has 34 heavy (non-hydrogen) atoms. The maximum atomic E-state index is 13.0. The van der Waals surface area contributed by atoms with Gasteiger partial charge in [-0.1, -0.05) is 57.2 Å². The van der Waals surface area contributed by atoms with E-state index in [1.54, 1.807) is 12.7 Å². The van der Waals surface area contributed by atoms with E-state index in [9.17, 15) is 4.79 Å². The summed E-state index contributed by atoms with van der Waals surface area (Å²) in [4.78, 5) is 17.0. The van der Waals surface area contributed by atoms with Gasteiger partial charge in [-0.2, -0.15) is 5.10 Å². The average molecular weight is 469 g/mol. The predicted molar refractivity (Wildman–Crippen MR) is 138 cm³/mol. The summed E-state index contributed by atoms with van der Waals surface area (Å²) < 4.78 is 7.63. The minimum absolute atomic E-state index is 0.0863. The van der Waals surface area contributed by atoms with Crippen molar-refractivity contribution in [3.05, 3.63) is 60.3 Å². The van der Waals surface area contributed by atoms with E-state index >= 15 is 0 Å². The Bertz CT molecular complexity index is 856. The lowest BCUT2D eigenvalue weighted by Crippen LogP contribution is -2.31. The second kappa shape index (κ2) is 13.9. The van der Waals surface area contributed by atoms with E-state index in [1.165, 1.54) is 11.3 Å². The minimum Gasteiger partial charge on any atom is -0.460 e. The highest BCUT2D eigenvalue weighted by atomic mass is 16.6. The molecule has 0 aliphatic rings. The van der Waals surface area contributed by atoms with Crippen molar-refractivity contribution >= 4 is 5.97 Å². The first-order chi connectivity index (χ1) is 16.2. The van der Waals surface area contributed by atoms with Crippen LogP contribution in [0.3, 0.4) is 0 Å². The number of benzene rings is 1. The van der Waals surface area contributed by atoms with Crippen molar-refractivity contribution in [1.82, 2.24) is 20.1 Å². The molecule has 2 rings (SSSR count). The molecule has 1 heterocycles. The fraction of sp³-hybridized carbons (Fsp3) is 0.607. The van der Waals surface area contributed by atoms with Gasteiger partial charge in [-0.3, -0.25) is 9.48 Å². The molecule has 3 atom stereocenters. The van der Waals surface area contributed by atoms with Crippen molar-refractivity contribution in [3.63, 3.8) is 0 Å². The Morgan fingerprint density at radius 2 is 1.91 bits per heavy atom. The molecule has 1 N–H and O–H groups in total. The zero-order valence-corrected chi connectivity index (χ0v) is 22.0. The molecule has 0 aliphatic heterocycles. The first-order valence-corrected chi connectivity index (χ1v) is 12.7. The lowest BCUT2D eigenvalue weighted by molar-refractivity contribution is -0.160. The van der Waals surface area contributed by atoms with Gasteiger partial charge in [-0.05, 0) is 70.3 Å². The van der Waals surface area contributed by atoms with E-state index in [2.05, 4.69) is 54.4 Å². The van der Waals surface area contributed by atoms with E-state index in [0.29, 0.717) is 11.8 Å². The number of nitrogens with zero attached hydrogens (tertiary/aromatic N) is 3. The quantitative estimate of drug-likeness (QED) is 0.355. The SMILES string of the molecule is CC/C=C(\CC[C@@H](C)C(C)CC(Cc1ccccc1)C(=O)OC(C)(C)C)NCCn1cncn1. The maximum Gasteiger partial charge on any atom is 0.309 e. The van der Waals surface area contributed by atoms with E-state index in [4.69, 9.17) is 4.74 Å². The number of nitrogens with one attached hydrogen (secondary N) is 1. The van der Waals surface area contributed by atoms with Gasteiger partial charge in [0.2, 0.25) is 0 Å². The number of carbonyl (C=O) groups excluding carboxylic acids is 1. The van der Waals surface area contributed by atoms with Crippen molar-refractivity contribution in [3.8, 4) is 0 Å². The lowest BCUT2D eigenvalue weighted by atomic mass is 9.82. The molecule has 0 bridgehead atoms. The molecule has 0 saturated heterocycles. The molecule has 0 amide bonds. The smallest absolute Gasteiger partial charge is 0.309 e. The van der Waals surface area contributed by atoms with Gasteiger partial charge >= 0.3 is 5.97 Å². The minimum atomic E-state index is -0.474. The molecule has 0 aliphatic carbocycles. The Balaban J connectivity index is 1.91. The molecule has 0 saturated carbocycles. The normalized spacial score (nSPS) is 14.9. The Kier molecular flexibility index (Phi) is 11.3. The maximum absolute atomic E-state index is 13.0. The Hall–Kier alpha value is -2.63. The van der Waals surface area contributed by atoms with E-state index in [1.807, 2.05) is 43.7 Å².